The lowest BCUT2D eigenvalue weighted by Gasteiger charge is -2.41. The van der Waals surface area contributed by atoms with Crippen molar-refractivity contribution in [1.82, 2.24) is 5.01 Å². The van der Waals surface area contributed by atoms with Crippen molar-refractivity contribution in [3.05, 3.63) is 70.2 Å². The van der Waals surface area contributed by atoms with E-state index in [-0.39, 0.29) is 5.54 Å². The second-order valence-corrected chi connectivity index (χ2v) is 5.87. The predicted molar refractivity (Wildman–Crippen MR) is 84.3 cm³/mol. The molecule has 1 heterocycles. The average molecular weight is 285 g/mol. The first-order valence-corrected chi connectivity index (χ1v) is 7.09. The number of fused-ring (bicyclic) bond motifs is 1. The van der Waals surface area contributed by atoms with Crippen LogP contribution in [-0.2, 0) is 12.0 Å². The van der Waals surface area contributed by atoms with Crippen LogP contribution in [-0.4, -0.2) is 18.3 Å². The van der Waals surface area contributed by atoms with Gasteiger partial charge in [-0.15, -0.1) is 0 Å². The van der Waals surface area contributed by atoms with E-state index in [1.54, 1.807) is 0 Å². The third-order valence-corrected chi connectivity index (χ3v) is 4.34. The highest BCUT2D eigenvalue weighted by atomic mass is 35.5. The van der Waals surface area contributed by atoms with Crippen molar-refractivity contribution in [3.8, 4) is 0 Å². The van der Waals surface area contributed by atoms with Crippen molar-refractivity contribution in [2.24, 2.45) is 5.10 Å². The van der Waals surface area contributed by atoms with Crippen LogP contribution in [0.15, 0.2) is 53.6 Å². The summed E-state index contributed by atoms with van der Waals surface area (Å²) in [6, 6.07) is 16.5. The Labute approximate surface area is 124 Å². The van der Waals surface area contributed by atoms with Gasteiger partial charge in [-0.25, -0.2) is 0 Å². The molecule has 0 aromatic heterocycles. The Morgan fingerprint density at radius 3 is 2.55 bits per heavy atom. The van der Waals surface area contributed by atoms with Crippen molar-refractivity contribution in [2.45, 2.75) is 18.9 Å². The zero-order chi connectivity index (χ0) is 14.2. The highest BCUT2D eigenvalue weighted by molar-refractivity contribution is 6.30. The van der Waals surface area contributed by atoms with Crippen LogP contribution < -0.4 is 0 Å². The molecule has 2 aromatic carbocycles. The Morgan fingerprint density at radius 2 is 1.80 bits per heavy atom. The molecule has 0 spiro atoms. The average Bonchev–Trinajstić information content (AvgIpc) is 2.46. The van der Waals surface area contributed by atoms with E-state index < -0.39 is 0 Å². The first-order valence-electron chi connectivity index (χ1n) is 6.71. The fraction of sp³-hybridized carbons (Fsp3) is 0.235. The number of hydrogen-bond donors (Lipinski definition) is 0. The van der Waals surface area contributed by atoms with E-state index >= 15 is 0 Å². The number of nitrogens with zero attached hydrogens (tertiary/aromatic N) is 2. The first kappa shape index (κ1) is 13.2. The molecule has 3 heteroatoms. The van der Waals surface area contributed by atoms with Crippen LogP contribution in [0.4, 0.5) is 0 Å². The topological polar surface area (TPSA) is 15.6 Å². The Morgan fingerprint density at radius 1 is 1.10 bits per heavy atom. The fourth-order valence-corrected chi connectivity index (χ4v) is 2.89. The quantitative estimate of drug-likeness (QED) is 0.811. The Kier molecular flexibility index (Phi) is 3.27. The van der Waals surface area contributed by atoms with Crippen molar-refractivity contribution < 1.29 is 0 Å². The number of rotatable bonds is 2. The molecule has 0 aliphatic carbocycles. The van der Waals surface area contributed by atoms with Gasteiger partial charge in [0.1, 0.15) is 0 Å². The zero-order valence-electron chi connectivity index (χ0n) is 11.7. The van der Waals surface area contributed by atoms with E-state index in [9.17, 15) is 0 Å². The molecule has 3 rings (SSSR count). The van der Waals surface area contributed by atoms with Crippen LogP contribution in [0.5, 0.6) is 0 Å². The molecule has 1 aliphatic heterocycles. The zero-order valence-corrected chi connectivity index (χ0v) is 12.4. The fourth-order valence-electron chi connectivity index (χ4n) is 2.76. The van der Waals surface area contributed by atoms with Gasteiger partial charge in [0.25, 0.3) is 0 Å². The number of hydrazone groups is 1. The molecule has 1 atom stereocenters. The summed E-state index contributed by atoms with van der Waals surface area (Å²) >= 11 is 5.96. The van der Waals surface area contributed by atoms with Gasteiger partial charge in [0, 0.05) is 24.1 Å². The van der Waals surface area contributed by atoms with Gasteiger partial charge in [-0.2, -0.15) is 5.10 Å². The van der Waals surface area contributed by atoms with Crippen LogP contribution in [0.3, 0.4) is 0 Å². The highest BCUT2D eigenvalue weighted by Crippen LogP contribution is 2.35. The van der Waals surface area contributed by atoms with Gasteiger partial charge in [0.15, 0.2) is 0 Å². The second kappa shape index (κ2) is 4.95. The summed E-state index contributed by atoms with van der Waals surface area (Å²) in [5.41, 5.74) is 3.63. The van der Waals surface area contributed by atoms with Crippen molar-refractivity contribution in [1.29, 1.82) is 0 Å². The Balaban J connectivity index is 2.01. The van der Waals surface area contributed by atoms with Crippen molar-refractivity contribution in [3.63, 3.8) is 0 Å². The van der Waals surface area contributed by atoms with Gasteiger partial charge < -0.3 is 0 Å². The molecule has 102 valence electrons. The maximum Gasteiger partial charge on any atom is 0.0842 e. The minimum absolute atomic E-state index is 0.140. The molecule has 0 N–H and O–H groups in total. The van der Waals surface area contributed by atoms with E-state index in [0.29, 0.717) is 0 Å². The molecular weight excluding hydrogens is 268 g/mol. The highest BCUT2D eigenvalue weighted by Gasteiger charge is 2.35. The van der Waals surface area contributed by atoms with Gasteiger partial charge in [-0.05, 0) is 30.2 Å². The molecule has 0 fully saturated rings. The molecule has 20 heavy (non-hydrogen) atoms. The molecule has 0 saturated heterocycles. The molecule has 0 bridgehead atoms. The molecule has 1 unspecified atom stereocenters. The summed E-state index contributed by atoms with van der Waals surface area (Å²) in [4.78, 5) is 0. The van der Waals surface area contributed by atoms with Crippen LogP contribution in [0.25, 0.3) is 0 Å². The largest absolute Gasteiger partial charge is 0.289 e. The summed E-state index contributed by atoms with van der Waals surface area (Å²) in [7, 11) is 2.03. The molecular formula is C17H17ClN2. The van der Waals surface area contributed by atoms with Gasteiger partial charge in [-0.1, -0.05) is 48.0 Å². The van der Waals surface area contributed by atoms with Gasteiger partial charge >= 0.3 is 0 Å². The summed E-state index contributed by atoms with van der Waals surface area (Å²) < 4.78 is 0. The normalized spacial score (nSPS) is 20.9. The lowest BCUT2D eigenvalue weighted by atomic mass is 9.82. The van der Waals surface area contributed by atoms with Gasteiger partial charge in [0.2, 0.25) is 0 Å². The summed E-state index contributed by atoms with van der Waals surface area (Å²) in [5, 5.41) is 7.34. The monoisotopic (exact) mass is 284 g/mol. The van der Waals surface area contributed by atoms with Crippen molar-refractivity contribution >= 4 is 17.8 Å². The molecule has 0 saturated carbocycles. The molecule has 2 aromatic rings. The molecule has 0 amide bonds. The third kappa shape index (κ3) is 2.20. The van der Waals surface area contributed by atoms with Crippen LogP contribution in [0.1, 0.15) is 23.6 Å². The van der Waals surface area contributed by atoms with Crippen LogP contribution in [0, 0.1) is 0 Å². The molecule has 0 radical (unpaired) electrons. The summed E-state index contributed by atoms with van der Waals surface area (Å²) in [5.74, 6) is 0. The number of hydrogen-bond acceptors (Lipinski definition) is 2. The van der Waals surface area contributed by atoms with Crippen molar-refractivity contribution in [2.75, 3.05) is 7.05 Å². The number of halogens is 1. The molecule has 1 aliphatic rings. The first-order chi connectivity index (χ1) is 9.59. The van der Waals surface area contributed by atoms with E-state index in [1.165, 1.54) is 16.7 Å². The minimum atomic E-state index is -0.140. The van der Waals surface area contributed by atoms with Crippen LogP contribution >= 0.6 is 11.6 Å². The number of benzene rings is 2. The lowest BCUT2D eigenvalue weighted by molar-refractivity contribution is 0.138. The Hall–Kier alpha value is -1.80. The SMILES string of the molecule is CN1N=Cc2ccccc2C1(C)Cc1ccc(Cl)cc1. The van der Waals surface area contributed by atoms with Gasteiger partial charge in [0.05, 0.1) is 11.8 Å². The lowest BCUT2D eigenvalue weighted by Crippen LogP contribution is -2.43. The maximum absolute atomic E-state index is 5.96. The third-order valence-electron chi connectivity index (χ3n) is 4.09. The number of likely N-dealkylation sites (N-methyl/N-ethyl adjacent to an activating group) is 1. The maximum atomic E-state index is 5.96. The van der Waals surface area contributed by atoms with E-state index in [0.717, 1.165) is 11.4 Å². The Bertz CT molecular complexity index is 648. The van der Waals surface area contributed by atoms with Crippen LogP contribution in [0.2, 0.25) is 5.02 Å². The van der Waals surface area contributed by atoms with E-state index in [2.05, 4.69) is 48.4 Å². The summed E-state index contributed by atoms with van der Waals surface area (Å²) in [6.07, 6.45) is 2.83. The smallest absolute Gasteiger partial charge is 0.0842 e. The molecule has 2 nitrogen and oxygen atoms in total. The predicted octanol–water partition coefficient (Wildman–Crippen LogP) is 4.08. The van der Waals surface area contributed by atoms with E-state index in [4.69, 9.17) is 11.6 Å². The standard InChI is InChI=1S/C17H17ClN2/c1-17(11-13-7-9-15(18)10-8-13)16-6-4-3-5-14(16)12-19-20(17)2/h3-10,12H,11H2,1-2H3. The minimum Gasteiger partial charge on any atom is -0.289 e. The summed E-state index contributed by atoms with van der Waals surface area (Å²) in [6.45, 7) is 2.23. The second-order valence-electron chi connectivity index (χ2n) is 5.43. The van der Waals surface area contributed by atoms with E-state index in [1.807, 2.05) is 30.4 Å². The van der Waals surface area contributed by atoms with Gasteiger partial charge in [-0.3, -0.25) is 5.01 Å².